The number of hydrogen-bond acceptors (Lipinski definition) is 6. The number of benzene rings is 1. The van der Waals surface area contributed by atoms with Gasteiger partial charge in [-0.05, 0) is 58.4 Å². The Bertz CT molecular complexity index is 700. The molecule has 9 heteroatoms. The van der Waals surface area contributed by atoms with Gasteiger partial charge in [-0.1, -0.05) is 11.6 Å². The van der Waals surface area contributed by atoms with Crippen molar-refractivity contribution in [3.63, 3.8) is 0 Å². The first kappa shape index (κ1) is 24.0. The lowest BCUT2D eigenvalue weighted by atomic mass is 9.76. The van der Waals surface area contributed by atoms with Crippen LogP contribution in [0.25, 0.3) is 0 Å². The number of nitrogens with one attached hydrogen (secondary N) is 1. The van der Waals surface area contributed by atoms with Crippen molar-refractivity contribution in [3.8, 4) is 5.75 Å². The Hall–Kier alpha value is -1.32. The van der Waals surface area contributed by atoms with Crippen molar-refractivity contribution >= 4 is 24.6 Å². The molecule has 1 amide bonds. The van der Waals surface area contributed by atoms with Crippen LogP contribution in [0.3, 0.4) is 0 Å². The van der Waals surface area contributed by atoms with Gasteiger partial charge in [-0.2, -0.15) is 0 Å². The second-order valence-electron chi connectivity index (χ2n) is 8.32. The number of hydrogen-bond donors (Lipinski definition) is 2. The van der Waals surface area contributed by atoms with Crippen LogP contribution in [0.5, 0.6) is 5.75 Å². The zero-order valence-electron chi connectivity index (χ0n) is 18.1. The second kappa shape index (κ2) is 9.66. The van der Waals surface area contributed by atoms with E-state index < -0.39 is 30.5 Å². The van der Waals surface area contributed by atoms with Gasteiger partial charge in [0.2, 0.25) is 5.91 Å². The summed E-state index contributed by atoms with van der Waals surface area (Å²) in [5.41, 5.74) is 5.65. The van der Waals surface area contributed by atoms with E-state index in [1.165, 1.54) is 7.11 Å². The minimum Gasteiger partial charge on any atom is -0.493 e. The van der Waals surface area contributed by atoms with E-state index in [1.807, 2.05) is 46.8 Å². The summed E-state index contributed by atoms with van der Waals surface area (Å²) < 4.78 is 23.1. The van der Waals surface area contributed by atoms with Gasteiger partial charge in [0, 0.05) is 18.6 Å². The molecule has 7 nitrogen and oxygen atoms in total. The molecule has 2 rings (SSSR count). The Balaban J connectivity index is 2.05. The van der Waals surface area contributed by atoms with E-state index in [2.05, 4.69) is 5.32 Å². The Morgan fingerprint density at radius 3 is 2.45 bits per heavy atom. The summed E-state index contributed by atoms with van der Waals surface area (Å²) in [7, 11) is 0.865. The van der Waals surface area contributed by atoms with Crippen molar-refractivity contribution < 1.29 is 23.6 Å². The van der Waals surface area contributed by atoms with Crippen molar-refractivity contribution in [2.75, 3.05) is 13.7 Å². The summed E-state index contributed by atoms with van der Waals surface area (Å²) in [5, 5.41) is 3.62. The molecule has 1 aliphatic rings. The summed E-state index contributed by atoms with van der Waals surface area (Å²) in [6.07, 6.45) is -0.127. The van der Waals surface area contributed by atoms with E-state index in [4.69, 9.17) is 36.1 Å². The standard InChI is InChI=1S/C20H32BClN2O5/c1-13-11-14(22)7-8-15(13)27-10-9-16(24-18(25)12-17(23)26-6)21-28-19(2,3)20(4,5)29-21/h7-8,11,16-17H,9-10,12,23H2,1-6H3,(H,24,25)/t16-,17?/m1/s1. The molecule has 0 aromatic heterocycles. The van der Waals surface area contributed by atoms with Crippen LogP contribution < -0.4 is 15.8 Å². The van der Waals surface area contributed by atoms with Gasteiger partial charge >= 0.3 is 7.12 Å². The van der Waals surface area contributed by atoms with E-state index in [1.54, 1.807) is 6.07 Å². The highest BCUT2D eigenvalue weighted by Gasteiger charge is 2.54. The Labute approximate surface area is 178 Å². The zero-order valence-corrected chi connectivity index (χ0v) is 18.8. The number of aryl methyl sites for hydroxylation is 1. The summed E-state index contributed by atoms with van der Waals surface area (Å²) in [6.45, 7) is 10.2. The summed E-state index contributed by atoms with van der Waals surface area (Å²) in [4.78, 5) is 12.4. The van der Waals surface area contributed by atoms with Gasteiger partial charge < -0.3 is 29.8 Å². The van der Waals surface area contributed by atoms with Crippen LogP contribution in [0.1, 0.15) is 46.1 Å². The van der Waals surface area contributed by atoms with Crippen molar-refractivity contribution in [1.82, 2.24) is 5.32 Å². The monoisotopic (exact) mass is 426 g/mol. The fraction of sp³-hybridized carbons (Fsp3) is 0.650. The third-order valence-corrected chi connectivity index (χ3v) is 5.69. The predicted molar refractivity (Wildman–Crippen MR) is 114 cm³/mol. The molecule has 162 valence electrons. The number of amides is 1. The minimum absolute atomic E-state index is 0.0453. The van der Waals surface area contributed by atoms with Crippen molar-refractivity contribution in [3.05, 3.63) is 28.8 Å². The molecule has 1 fully saturated rings. The first-order chi connectivity index (χ1) is 13.4. The number of methoxy groups -OCH3 is 1. The Morgan fingerprint density at radius 1 is 1.28 bits per heavy atom. The number of carbonyl (C=O) groups is 1. The number of carbonyl (C=O) groups excluding carboxylic acids is 1. The average Bonchev–Trinajstić information content (AvgIpc) is 2.83. The molecule has 1 aliphatic heterocycles. The fourth-order valence-corrected chi connectivity index (χ4v) is 3.16. The molecule has 1 aromatic carbocycles. The van der Waals surface area contributed by atoms with E-state index in [0.717, 1.165) is 11.3 Å². The lowest BCUT2D eigenvalue weighted by molar-refractivity contribution is -0.123. The third kappa shape index (κ3) is 6.33. The maximum Gasteiger partial charge on any atom is 0.481 e. The smallest absolute Gasteiger partial charge is 0.481 e. The highest BCUT2D eigenvalue weighted by atomic mass is 35.5. The SMILES string of the molecule is COC(N)CC(=O)N[C@H](CCOc1ccc(Cl)cc1C)B1OC(C)(C)C(C)(C)O1. The van der Waals surface area contributed by atoms with Crippen LogP contribution in [0.4, 0.5) is 0 Å². The molecule has 0 saturated carbocycles. The largest absolute Gasteiger partial charge is 0.493 e. The van der Waals surface area contributed by atoms with Crippen LogP contribution >= 0.6 is 11.6 Å². The third-order valence-electron chi connectivity index (χ3n) is 5.46. The van der Waals surface area contributed by atoms with E-state index in [0.29, 0.717) is 18.1 Å². The van der Waals surface area contributed by atoms with Gasteiger partial charge in [0.1, 0.15) is 12.0 Å². The fourth-order valence-electron chi connectivity index (χ4n) is 2.93. The highest BCUT2D eigenvalue weighted by Crippen LogP contribution is 2.38. The van der Waals surface area contributed by atoms with Gasteiger partial charge in [-0.3, -0.25) is 4.79 Å². The van der Waals surface area contributed by atoms with Crippen molar-refractivity contribution in [2.45, 2.75) is 70.8 Å². The van der Waals surface area contributed by atoms with Gasteiger partial charge in [0.05, 0.1) is 30.2 Å². The minimum atomic E-state index is -0.665. The van der Waals surface area contributed by atoms with Crippen molar-refractivity contribution in [1.29, 1.82) is 0 Å². The molecule has 29 heavy (non-hydrogen) atoms. The second-order valence-corrected chi connectivity index (χ2v) is 8.76. The molecule has 0 bridgehead atoms. The summed E-state index contributed by atoms with van der Waals surface area (Å²) >= 11 is 6.00. The maximum absolute atomic E-state index is 12.4. The van der Waals surface area contributed by atoms with Crippen LogP contribution in [-0.4, -0.2) is 50.1 Å². The van der Waals surface area contributed by atoms with Crippen molar-refractivity contribution in [2.24, 2.45) is 5.73 Å². The molecule has 1 saturated heterocycles. The normalized spacial score (nSPS) is 19.7. The van der Waals surface area contributed by atoms with Gasteiger partial charge in [-0.15, -0.1) is 0 Å². The number of ether oxygens (including phenoxy) is 2. The van der Waals surface area contributed by atoms with Gasteiger partial charge in [0.15, 0.2) is 0 Å². The molecule has 0 spiro atoms. The van der Waals surface area contributed by atoms with Crippen LogP contribution in [0, 0.1) is 6.92 Å². The molecular formula is C20H32BClN2O5. The molecular weight excluding hydrogens is 394 g/mol. The first-order valence-electron chi connectivity index (χ1n) is 9.77. The van der Waals surface area contributed by atoms with Gasteiger partial charge in [0.25, 0.3) is 0 Å². The molecule has 0 aliphatic carbocycles. The molecule has 0 radical (unpaired) electrons. The molecule has 1 heterocycles. The highest BCUT2D eigenvalue weighted by molar-refractivity contribution is 6.48. The molecule has 1 unspecified atom stereocenters. The maximum atomic E-state index is 12.4. The van der Waals surface area contributed by atoms with E-state index >= 15 is 0 Å². The van der Waals surface area contributed by atoms with E-state index in [-0.39, 0.29) is 12.3 Å². The van der Waals surface area contributed by atoms with Crippen LogP contribution in [-0.2, 0) is 18.8 Å². The number of nitrogens with two attached hydrogens (primary N) is 1. The first-order valence-corrected chi connectivity index (χ1v) is 10.2. The lowest BCUT2D eigenvalue weighted by Crippen LogP contribution is -2.50. The van der Waals surface area contributed by atoms with Crippen LogP contribution in [0.15, 0.2) is 18.2 Å². The molecule has 2 atom stereocenters. The van der Waals surface area contributed by atoms with E-state index in [9.17, 15) is 4.79 Å². The Morgan fingerprint density at radius 2 is 1.90 bits per heavy atom. The molecule has 3 N–H and O–H groups in total. The number of rotatable bonds is 9. The summed E-state index contributed by atoms with van der Waals surface area (Å²) in [6, 6.07) is 5.46. The Kier molecular flexibility index (Phi) is 7.98. The summed E-state index contributed by atoms with van der Waals surface area (Å²) in [5.74, 6) is 0.108. The lowest BCUT2D eigenvalue weighted by Gasteiger charge is -2.32. The zero-order chi connectivity index (χ0) is 21.8. The topological polar surface area (TPSA) is 92.0 Å². The van der Waals surface area contributed by atoms with Gasteiger partial charge in [-0.25, -0.2) is 0 Å². The quantitative estimate of drug-likeness (QED) is 0.466. The molecule has 1 aromatic rings. The number of halogens is 1. The predicted octanol–water partition coefficient (Wildman–Crippen LogP) is 2.85. The van der Waals surface area contributed by atoms with Crippen LogP contribution in [0.2, 0.25) is 5.02 Å². The average molecular weight is 427 g/mol.